The predicted molar refractivity (Wildman–Crippen MR) is 112 cm³/mol. The molecule has 0 radical (unpaired) electrons. The first-order chi connectivity index (χ1) is 13.5. The molecule has 3 heterocycles. The lowest BCUT2D eigenvalue weighted by Gasteiger charge is -2.32. The van der Waals surface area contributed by atoms with Crippen molar-refractivity contribution in [1.82, 2.24) is 9.78 Å². The smallest absolute Gasteiger partial charge is 0.488 e. The Morgan fingerprint density at radius 2 is 1.72 bits per heavy atom. The molecule has 0 N–H and O–H groups in total. The highest BCUT2D eigenvalue weighted by Gasteiger charge is 2.52. The molecule has 0 spiro atoms. The first kappa shape index (κ1) is 20.0. The molecule has 4 rings (SSSR count). The third-order valence-electron chi connectivity index (χ3n) is 6.31. The predicted octanol–water partition coefficient (Wildman–Crippen LogP) is 2.38. The number of carbonyl (C=O) groups excluding carboxylic acids is 1. The largest absolute Gasteiger partial charge is 0.495 e. The molecule has 1 aromatic carbocycles. The molecule has 154 valence electrons. The van der Waals surface area contributed by atoms with E-state index in [4.69, 9.17) is 14.0 Å². The van der Waals surface area contributed by atoms with Crippen LogP contribution in [0.3, 0.4) is 0 Å². The molecule has 2 aliphatic rings. The van der Waals surface area contributed by atoms with Crippen molar-refractivity contribution in [3.63, 3.8) is 0 Å². The summed E-state index contributed by atoms with van der Waals surface area (Å²) in [5.41, 5.74) is 3.53. The molecule has 1 saturated heterocycles. The number of benzene rings is 1. The normalized spacial score (nSPS) is 20.4. The number of amides is 1. The quantitative estimate of drug-likeness (QED) is 0.729. The van der Waals surface area contributed by atoms with Crippen LogP contribution in [0.5, 0.6) is 5.75 Å². The van der Waals surface area contributed by atoms with E-state index in [9.17, 15) is 4.79 Å². The third-order valence-corrected chi connectivity index (χ3v) is 6.31. The Bertz CT molecular complexity index is 967. The standard InChI is InChI=1S/C21H28BN3O4/c1-13-11-16(25-8-9-27-17-12-23-24(7)18(17)19(25)26)14(2)10-15(13)22-28-20(3,4)21(5,6)29-22/h10-12H,8-9H2,1-7H3. The van der Waals surface area contributed by atoms with Gasteiger partial charge in [0.15, 0.2) is 11.4 Å². The van der Waals surface area contributed by atoms with Gasteiger partial charge in [0.1, 0.15) is 6.61 Å². The summed E-state index contributed by atoms with van der Waals surface area (Å²) in [5.74, 6) is 0.423. The highest BCUT2D eigenvalue weighted by molar-refractivity contribution is 6.62. The summed E-state index contributed by atoms with van der Waals surface area (Å²) >= 11 is 0. The van der Waals surface area contributed by atoms with Gasteiger partial charge in [-0.3, -0.25) is 9.48 Å². The van der Waals surface area contributed by atoms with Gasteiger partial charge in [-0.2, -0.15) is 5.10 Å². The van der Waals surface area contributed by atoms with Crippen molar-refractivity contribution in [2.45, 2.75) is 52.7 Å². The Kier molecular flexibility index (Phi) is 4.55. The van der Waals surface area contributed by atoms with Gasteiger partial charge in [-0.05, 0) is 64.2 Å². The number of nitrogens with zero attached hydrogens (tertiary/aromatic N) is 3. The second-order valence-corrected chi connectivity index (χ2v) is 8.87. The summed E-state index contributed by atoms with van der Waals surface area (Å²) < 4.78 is 19.8. The lowest BCUT2D eigenvalue weighted by molar-refractivity contribution is 0.00578. The molecule has 0 unspecified atom stereocenters. The van der Waals surface area contributed by atoms with E-state index < -0.39 is 18.3 Å². The topological polar surface area (TPSA) is 65.8 Å². The second kappa shape index (κ2) is 6.60. The van der Waals surface area contributed by atoms with Gasteiger partial charge < -0.3 is 18.9 Å². The lowest BCUT2D eigenvalue weighted by Crippen LogP contribution is -2.41. The van der Waals surface area contributed by atoms with Crippen molar-refractivity contribution in [1.29, 1.82) is 0 Å². The maximum absolute atomic E-state index is 13.2. The van der Waals surface area contributed by atoms with Crippen LogP contribution in [0, 0.1) is 13.8 Å². The Morgan fingerprint density at radius 1 is 1.07 bits per heavy atom. The zero-order valence-electron chi connectivity index (χ0n) is 18.2. The first-order valence-corrected chi connectivity index (χ1v) is 9.95. The molecule has 29 heavy (non-hydrogen) atoms. The van der Waals surface area contributed by atoms with Crippen molar-refractivity contribution in [3.05, 3.63) is 35.2 Å². The number of rotatable bonds is 2. The lowest BCUT2D eigenvalue weighted by atomic mass is 9.75. The summed E-state index contributed by atoms with van der Waals surface area (Å²) in [6.45, 7) is 13.1. The Labute approximate surface area is 172 Å². The van der Waals surface area contributed by atoms with E-state index in [1.54, 1.807) is 22.8 Å². The molecule has 8 heteroatoms. The average molecular weight is 397 g/mol. The molecule has 1 fully saturated rings. The molecule has 0 bridgehead atoms. The summed E-state index contributed by atoms with van der Waals surface area (Å²) in [5, 5.41) is 4.16. The van der Waals surface area contributed by atoms with Crippen LogP contribution >= 0.6 is 0 Å². The summed E-state index contributed by atoms with van der Waals surface area (Å²) in [6.07, 6.45) is 1.59. The van der Waals surface area contributed by atoms with Gasteiger partial charge >= 0.3 is 7.12 Å². The maximum atomic E-state index is 13.2. The number of fused-ring (bicyclic) bond motifs is 1. The summed E-state index contributed by atoms with van der Waals surface area (Å²) in [7, 11) is 1.32. The van der Waals surface area contributed by atoms with Gasteiger partial charge in [0, 0.05) is 12.7 Å². The number of ether oxygens (including phenoxy) is 1. The fourth-order valence-electron chi connectivity index (χ4n) is 3.81. The van der Waals surface area contributed by atoms with Crippen molar-refractivity contribution in [3.8, 4) is 5.75 Å². The van der Waals surface area contributed by atoms with E-state index in [1.807, 2.05) is 47.6 Å². The van der Waals surface area contributed by atoms with Crippen LogP contribution < -0.4 is 15.1 Å². The summed E-state index contributed by atoms with van der Waals surface area (Å²) in [4.78, 5) is 15.0. The number of aryl methyl sites for hydroxylation is 3. The van der Waals surface area contributed by atoms with Crippen LogP contribution in [0.1, 0.15) is 49.3 Å². The fourth-order valence-corrected chi connectivity index (χ4v) is 3.81. The highest BCUT2D eigenvalue weighted by atomic mass is 16.7. The zero-order chi connectivity index (χ0) is 21.1. The van der Waals surface area contributed by atoms with Gasteiger partial charge in [-0.25, -0.2) is 0 Å². The molecule has 1 amide bonds. The first-order valence-electron chi connectivity index (χ1n) is 9.95. The van der Waals surface area contributed by atoms with E-state index in [0.717, 1.165) is 22.3 Å². The zero-order valence-corrected chi connectivity index (χ0v) is 18.2. The SMILES string of the molecule is Cc1cc(N2CCOc3cnn(C)c3C2=O)c(C)cc1B1OC(C)(C)C(C)(C)O1. The fraction of sp³-hybridized carbons (Fsp3) is 0.524. The van der Waals surface area contributed by atoms with Gasteiger partial charge in [-0.15, -0.1) is 0 Å². The number of aromatic nitrogens is 2. The average Bonchev–Trinajstić information content (AvgIpc) is 3.02. The Morgan fingerprint density at radius 3 is 2.38 bits per heavy atom. The van der Waals surface area contributed by atoms with Crippen LogP contribution in [0.4, 0.5) is 5.69 Å². The van der Waals surface area contributed by atoms with E-state index >= 15 is 0 Å². The van der Waals surface area contributed by atoms with Gasteiger partial charge in [0.2, 0.25) is 0 Å². The van der Waals surface area contributed by atoms with Crippen molar-refractivity contribution in [2.75, 3.05) is 18.1 Å². The molecular formula is C21H28BN3O4. The van der Waals surface area contributed by atoms with E-state index in [-0.39, 0.29) is 5.91 Å². The minimum absolute atomic E-state index is 0.108. The van der Waals surface area contributed by atoms with E-state index in [1.165, 1.54) is 0 Å². The number of hydrogen-bond donors (Lipinski definition) is 0. The molecule has 2 aromatic rings. The molecule has 2 aliphatic heterocycles. The molecule has 0 atom stereocenters. The number of anilines is 1. The molecule has 7 nitrogen and oxygen atoms in total. The monoisotopic (exact) mass is 397 g/mol. The highest BCUT2D eigenvalue weighted by Crippen LogP contribution is 2.37. The number of carbonyl (C=O) groups is 1. The minimum Gasteiger partial charge on any atom is -0.488 e. The van der Waals surface area contributed by atoms with Crippen LogP contribution in [0.15, 0.2) is 18.3 Å². The Balaban J connectivity index is 1.70. The Hall–Kier alpha value is -2.32. The number of hydrogen-bond acceptors (Lipinski definition) is 5. The molecule has 0 saturated carbocycles. The van der Waals surface area contributed by atoms with Gasteiger partial charge in [-0.1, -0.05) is 6.07 Å². The van der Waals surface area contributed by atoms with Crippen LogP contribution in [-0.2, 0) is 16.4 Å². The second-order valence-electron chi connectivity index (χ2n) is 8.87. The van der Waals surface area contributed by atoms with Crippen molar-refractivity contribution >= 4 is 24.2 Å². The van der Waals surface area contributed by atoms with Gasteiger partial charge in [0.25, 0.3) is 5.91 Å². The van der Waals surface area contributed by atoms with Crippen molar-refractivity contribution < 1.29 is 18.8 Å². The molecule has 0 aliphatic carbocycles. The third kappa shape index (κ3) is 3.15. The van der Waals surface area contributed by atoms with Crippen LogP contribution in [0.2, 0.25) is 0 Å². The molecule has 1 aromatic heterocycles. The summed E-state index contributed by atoms with van der Waals surface area (Å²) in [6, 6.07) is 4.10. The van der Waals surface area contributed by atoms with E-state index in [0.29, 0.717) is 24.6 Å². The molecular weight excluding hydrogens is 369 g/mol. The van der Waals surface area contributed by atoms with Gasteiger partial charge in [0.05, 0.1) is 23.9 Å². The van der Waals surface area contributed by atoms with Crippen LogP contribution in [0.25, 0.3) is 0 Å². The van der Waals surface area contributed by atoms with E-state index in [2.05, 4.69) is 11.2 Å². The minimum atomic E-state index is -0.431. The maximum Gasteiger partial charge on any atom is 0.495 e. The van der Waals surface area contributed by atoms with Crippen LogP contribution in [-0.4, -0.2) is 47.2 Å². The van der Waals surface area contributed by atoms with Crippen molar-refractivity contribution in [2.24, 2.45) is 7.05 Å².